The van der Waals surface area contributed by atoms with Crippen molar-refractivity contribution in [3.63, 3.8) is 0 Å². The molecule has 106 valence electrons. The van der Waals surface area contributed by atoms with Gasteiger partial charge in [0, 0.05) is 16.7 Å². The minimum Gasteiger partial charge on any atom is -0.330 e. The summed E-state index contributed by atoms with van der Waals surface area (Å²) in [6.45, 7) is 4.47. The highest BCUT2D eigenvalue weighted by Crippen LogP contribution is 2.31. The molecule has 0 bridgehead atoms. The number of hydrazone groups is 1. The Bertz CT molecular complexity index is 617. The lowest BCUT2D eigenvalue weighted by Crippen LogP contribution is -2.02. The number of nitrogens with two attached hydrogens (primary N) is 1. The molecule has 4 nitrogen and oxygen atoms in total. The van der Waals surface area contributed by atoms with E-state index >= 15 is 0 Å². The van der Waals surface area contributed by atoms with E-state index in [1.54, 1.807) is 0 Å². The zero-order chi connectivity index (χ0) is 14.5. The van der Waals surface area contributed by atoms with Crippen LogP contribution in [0.4, 0.5) is 5.13 Å². The Labute approximate surface area is 127 Å². The fourth-order valence-corrected chi connectivity index (χ4v) is 2.65. The van der Waals surface area contributed by atoms with E-state index in [9.17, 15) is 0 Å². The predicted molar refractivity (Wildman–Crippen MR) is 87.7 cm³/mol. The van der Waals surface area contributed by atoms with Gasteiger partial charge in [-0.2, -0.15) is 5.10 Å². The van der Waals surface area contributed by atoms with Gasteiger partial charge in [0.05, 0.1) is 10.7 Å². The van der Waals surface area contributed by atoms with Crippen molar-refractivity contribution in [2.75, 3.05) is 12.0 Å². The topological polar surface area (TPSA) is 63.3 Å². The van der Waals surface area contributed by atoms with E-state index in [-0.39, 0.29) is 0 Å². The van der Waals surface area contributed by atoms with Crippen LogP contribution >= 0.6 is 22.9 Å². The molecule has 0 radical (unpaired) electrons. The second-order valence-corrected chi connectivity index (χ2v) is 5.83. The van der Waals surface area contributed by atoms with E-state index in [1.165, 1.54) is 11.3 Å². The molecular formula is C14H17ClN4S. The summed E-state index contributed by atoms with van der Waals surface area (Å²) >= 11 is 7.81. The molecule has 0 saturated heterocycles. The van der Waals surface area contributed by atoms with Gasteiger partial charge in [-0.3, -0.25) is 5.43 Å². The van der Waals surface area contributed by atoms with E-state index in [4.69, 9.17) is 17.3 Å². The van der Waals surface area contributed by atoms with Crippen LogP contribution in [-0.4, -0.2) is 17.2 Å². The van der Waals surface area contributed by atoms with Crippen molar-refractivity contribution in [1.29, 1.82) is 0 Å². The number of halogens is 1. The molecule has 0 unspecified atom stereocenters. The molecule has 0 aliphatic carbocycles. The molecule has 2 aromatic rings. The largest absolute Gasteiger partial charge is 0.330 e. The molecule has 1 aromatic heterocycles. The molecule has 0 spiro atoms. The summed E-state index contributed by atoms with van der Waals surface area (Å²) in [4.78, 5) is 4.48. The number of thiazole rings is 1. The van der Waals surface area contributed by atoms with Crippen molar-refractivity contribution in [1.82, 2.24) is 4.98 Å². The summed E-state index contributed by atoms with van der Waals surface area (Å²) in [5.74, 6) is 0. The number of aromatic nitrogens is 1. The van der Waals surface area contributed by atoms with Crippen molar-refractivity contribution >= 4 is 33.8 Å². The van der Waals surface area contributed by atoms with Crippen LogP contribution in [0.1, 0.15) is 19.4 Å². The van der Waals surface area contributed by atoms with Crippen molar-refractivity contribution in [2.24, 2.45) is 10.8 Å². The highest BCUT2D eigenvalue weighted by Gasteiger charge is 2.08. The number of nitrogens with one attached hydrogen (secondary N) is 1. The lowest BCUT2D eigenvalue weighted by Gasteiger charge is -2.04. The van der Waals surface area contributed by atoms with Gasteiger partial charge in [-0.1, -0.05) is 23.7 Å². The van der Waals surface area contributed by atoms with Crippen LogP contribution in [0.3, 0.4) is 0 Å². The van der Waals surface area contributed by atoms with Gasteiger partial charge in [0.25, 0.3) is 0 Å². The Kier molecular flexibility index (Phi) is 5.11. The van der Waals surface area contributed by atoms with Gasteiger partial charge in [-0.15, -0.1) is 11.3 Å². The minimum absolute atomic E-state index is 0.620. The third kappa shape index (κ3) is 3.79. The molecule has 0 atom stereocenters. The molecule has 0 aliphatic rings. The summed E-state index contributed by atoms with van der Waals surface area (Å²) in [7, 11) is 0. The number of hydrogen-bond acceptors (Lipinski definition) is 5. The highest BCUT2D eigenvalue weighted by atomic mass is 35.5. The molecular weight excluding hydrogens is 292 g/mol. The maximum Gasteiger partial charge on any atom is 0.203 e. The fraction of sp³-hybridized carbons (Fsp3) is 0.286. The van der Waals surface area contributed by atoms with E-state index in [0.717, 1.165) is 34.1 Å². The zero-order valence-corrected chi connectivity index (χ0v) is 13.1. The molecule has 1 aromatic carbocycles. The number of benzene rings is 1. The van der Waals surface area contributed by atoms with Gasteiger partial charge in [-0.05, 0) is 38.4 Å². The normalized spacial score (nSPS) is 10.4. The molecule has 2 rings (SSSR count). The Morgan fingerprint density at radius 1 is 1.45 bits per heavy atom. The first-order valence-electron chi connectivity index (χ1n) is 6.31. The van der Waals surface area contributed by atoms with Crippen molar-refractivity contribution in [3.05, 3.63) is 34.2 Å². The number of rotatable bonds is 5. The van der Waals surface area contributed by atoms with Crippen molar-refractivity contribution in [3.8, 4) is 11.3 Å². The summed E-state index contributed by atoms with van der Waals surface area (Å²) in [6, 6.07) is 5.97. The predicted octanol–water partition coefficient (Wildman–Crippen LogP) is 3.77. The minimum atomic E-state index is 0.620. The molecule has 6 heteroatoms. The standard InChI is InChI=1S/C14H17ClN4S/c1-9(2)18-19-14-17-13(8-20-14)11-4-3-10(5-6-16)7-12(11)15/h3-4,7-8H,5-6,16H2,1-2H3,(H,17,19). The SMILES string of the molecule is CC(C)=NNc1nc(-c2ccc(CCN)cc2Cl)cs1. The van der Waals surface area contributed by atoms with Gasteiger partial charge < -0.3 is 5.73 Å². The van der Waals surface area contributed by atoms with E-state index in [0.29, 0.717) is 11.6 Å². The van der Waals surface area contributed by atoms with Crippen LogP contribution in [0.5, 0.6) is 0 Å². The van der Waals surface area contributed by atoms with Gasteiger partial charge >= 0.3 is 0 Å². The molecule has 20 heavy (non-hydrogen) atoms. The second-order valence-electron chi connectivity index (χ2n) is 4.56. The first kappa shape index (κ1) is 15.0. The summed E-state index contributed by atoms with van der Waals surface area (Å²) in [5.41, 5.74) is 12.3. The first-order chi connectivity index (χ1) is 9.60. The first-order valence-corrected chi connectivity index (χ1v) is 7.57. The molecule has 1 heterocycles. The van der Waals surface area contributed by atoms with Crippen LogP contribution in [0, 0.1) is 0 Å². The van der Waals surface area contributed by atoms with Gasteiger partial charge in [0.1, 0.15) is 0 Å². The van der Waals surface area contributed by atoms with Crippen LogP contribution in [0.15, 0.2) is 28.7 Å². The van der Waals surface area contributed by atoms with Crippen molar-refractivity contribution in [2.45, 2.75) is 20.3 Å². The molecule has 0 saturated carbocycles. The molecule has 3 N–H and O–H groups in total. The van der Waals surface area contributed by atoms with Crippen LogP contribution in [-0.2, 0) is 6.42 Å². The van der Waals surface area contributed by atoms with Gasteiger partial charge in [0.2, 0.25) is 5.13 Å². The summed E-state index contributed by atoms with van der Waals surface area (Å²) < 4.78 is 0. The Morgan fingerprint density at radius 3 is 2.90 bits per heavy atom. The van der Waals surface area contributed by atoms with E-state index < -0.39 is 0 Å². The third-order valence-corrected chi connectivity index (χ3v) is 3.68. The molecule has 0 aliphatic heterocycles. The van der Waals surface area contributed by atoms with Gasteiger partial charge in [-0.25, -0.2) is 4.98 Å². The van der Waals surface area contributed by atoms with E-state index in [2.05, 4.69) is 15.5 Å². The zero-order valence-electron chi connectivity index (χ0n) is 11.5. The van der Waals surface area contributed by atoms with Gasteiger partial charge in [0.15, 0.2) is 0 Å². The smallest absolute Gasteiger partial charge is 0.203 e. The molecule has 0 amide bonds. The number of hydrogen-bond donors (Lipinski definition) is 2. The Balaban J connectivity index is 2.21. The third-order valence-electron chi connectivity index (χ3n) is 2.62. The maximum atomic E-state index is 6.31. The average Bonchev–Trinajstić information content (AvgIpc) is 2.85. The van der Waals surface area contributed by atoms with Crippen LogP contribution in [0.25, 0.3) is 11.3 Å². The second kappa shape index (κ2) is 6.83. The molecule has 0 fully saturated rings. The maximum absolute atomic E-state index is 6.31. The summed E-state index contributed by atoms with van der Waals surface area (Å²) in [5, 5.41) is 7.55. The highest BCUT2D eigenvalue weighted by molar-refractivity contribution is 7.14. The summed E-state index contributed by atoms with van der Waals surface area (Å²) in [6.07, 6.45) is 0.828. The lowest BCUT2D eigenvalue weighted by atomic mass is 10.1. The monoisotopic (exact) mass is 308 g/mol. The van der Waals surface area contributed by atoms with Crippen LogP contribution in [0.2, 0.25) is 5.02 Å². The Hall–Kier alpha value is -1.43. The average molecular weight is 309 g/mol. The quantitative estimate of drug-likeness (QED) is 0.653. The Morgan fingerprint density at radius 2 is 2.25 bits per heavy atom. The number of anilines is 1. The number of nitrogens with zero attached hydrogens (tertiary/aromatic N) is 2. The van der Waals surface area contributed by atoms with Crippen molar-refractivity contribution < 1.29 is 0 Å². The lowest BCUT2D eigenvalue weighted by molar-refractivity contribution is 0.969. The van der Waals surface area contributed by atoms with Crippen LogP contribution < -0.4 is 11.2 Å². The van der Waals surface area contributed by atoms with E-state index in [1.807, 2.05) is 37.4 Å². The fourth-order valence-electron chi connectivity index (χ4n) is 1.70.